The Kier molecular flexibility index (Phi) is 4.70. The Morgan fingerprint density at radius 2 is 2.21 bits per heavy atom. The van der Waals surface area contributed by atoms with Gasteiger partial charge in [-0.3, -0.25) is 5.84 Å². The molecule has 0 saturated carbocycles. The Morgan fingerprint density at radius 3 is 2.71 bits per heavy atom. The highest BCUT2D eigenvalue weighted by atomic mass is 16.3. The topological polar surface area (TPSA) is 51.2 Å². The fourth-order valence-corrected chi connectivity index (χ4v) is 1.49. The van der Waals surface area contributed by atoms with Crippen molar-refractivity contribution in [2.45, 2.75) is 45.6 Å². The summed E-state index contributed by atoms with van der Waals surface area (Å²) in [7, 11) is 0. The molecule has 1 aromatic heterocycles. The zero-order chi connectivity index (χ0) is 10.4. The standard InChI is InChI=1S/C11H20N2O/c1-3-5-6-10(13-12)11-8-7-9(4-2)14-11/h7-8,10,13H,3-6,12H2,1-2H3. The van der Waals surface area contributed by atoms with Crippen LogP contribution in [-0.4, -0.2) is 0 Å². The van der Waals surface area contributed by atoms with Gasteiger partial charge in [0.1, 0.15) is 11.5 Å². The van der Waals surface area contributed by atoms with Crippen molar-refractivity contribution < 1.29 is 4.42 Å². The Morgan fingerprint density at radius 1 is 1.43 bits per heavy atom. The van der Waals surface area contributed by atoms with Crippen LogP contribution in [0.15, 0.2) is 16.5 Å². The van der Waals surface area contributed by atoms with E-state index >= 15 is 0 Å². The van der Waals surface area contributed by atoms with Gasteiger partial charge in [-0.05, 0) is 18.6 Å². The number of unbranched alkanes of at least 4 members (excludes halogenated alkanes) is 1. The summed E-state index contributed by atoms with van der Waals surface area (Å²) in [5, 5.41) is 0. The lowest BCUT2D eigenvalue weighted by atomic mass is 10.1. The van der Waals surface area contributed by atoms with Gasteiger partial charge in [-0.25, -0.2) is 5.43 Å². The number of nitrogens with one attached hydrogen (secondary N) is 1. The van der Waals surface area contributed by atoms with Crippen molar-refractivity contribution in [2.75, 3.05) is 0 Å². The summed E-state index contributed by atoms with van der Waals surface area (Å²) >= 11 is 0. The molecule has 3 nitrogen and oxygen atoms in total. The second-order valence-electron chi connectivity index (χ2n) is 3.52. The quantitative estimate of drug-likeness (QED) is 0.543. The van der Waals surface area contributed by atoms with Gasteiger partial charge in [0, 0.05) is 6.42 Å². The van der Waals surface area contributed by atoms with Gasteiger partial charge in [-0.15, -0.1) is 0 Å². The molecule has 1 heterocycles. The minimum absolute atomic E-state index is 0.162. The lowest BCUT2D eigenvalue weighted by molar-refractivity contribution is 0.377. The van der Waals surface area contributed by atoms with Crippen LogP contribution in [0.2, 0.25) is 0 Å². The first-order valence-electron chi connectivity index (χ1n) is 5.36. The summed E-state index contributed by atoms with van der Waals surface area (Å²) in [6.07, 6.45) is 4.31. The largest absolute Gasteiger partial charge is 0.464 e. The molecule has 0 amide bonds. The third kappa shape index (κ3) is 2.86. The molecule has 0 spiro atoms. The first-order valence-corrected chi connectivity index (χ1v) is 5.36. The van der Waals surface area contributed by atoms with E-state index in [1.807, 2.05) is 12.1 Å². The maximum atomic E-state index is 5.64. The highest BCUT2D eigenvalue weighted by Gasteiger charge is 2.12. The molecule has 14 heavy (non-hydrogen) atoms. The average Bonchev–Trinajstić information content (AvgIpc) is 2.68. The third-order valence-corrected chi connectivity index (χ3v) is 2.42. The second kappa shape index (κ2) is 5.83. The molecule has 1 unspecified atom stereocenters. The zero-order valence-electron chi connectivity index (χ0n) is 9.05. The molecule has 0 bridgehead atoms. The molecule has 0 saturated heterocycles. The number of furan rings is 1. The molecule has 0 aromatic carbocycles. The number of rotatable bonds is 6. The van der Waals surface area contributed by atoms with Crippen molar-refractivity contribution in [1.29, 1.82) is 0 Å². The molecule has 1 aromatic rings. The normalized spacial score (nSPS) is 13.1. The maximum absolute atomic E-state index is 5.64. The van der Waals surface area contributed by atoms with Gasteiger partial charge >= 0.3 is 0 Å². The molecule has 1 atom stereocenters. The van der Waals surface area contributed by atoms with Gasteiger partial charge in [0.2, 0.25) is 0 Å². The number of hydrazine groups is 1. The third-order valence-electron chi connectivity index (χ3n) is 2.42. The van der Waals surface area contributed by atoms with E-state index in [0.717, 1.165) is 30.8 Å². The van der Waals surface area contributed by atoms with Gasteiger partial charge in [0.15, 0.2) is 0 Å². The van der Waals surface area contributed by atoms with Gasteiger partial charge in [-0.2, -0.15) is 0 Å². The molecule has 0 fully saturated rings. The van der Waals surface area contributed by atoms with Crippen LogP contribution < -0.4 is 11.3 Å². The lowest BCUT2D eigenvalue weighted by Gasteiger charge is -2.12. The molecule has 1 rings (SSSR count). The van der Waals surface area contributed by atoms with Crippen LogP contribution in [0.25, 0.3) is 0 Å². The highest BCUT2D eigenvalue weighted by Crippen LogP contribution is 2.21. The van der Waals surface area contributed by atoms with Crippen molar-refractivity contribution in [3.8, 4) is 0 Å². The predicted molar refractivity (Wildman–Crippen MR) is 57.7 cm³/mol. The van der Waals surface area contributed by atoms with Gasteiger partial charge in [0.05, 0.1) is 6.04 Å². The van der Waals surface area contributed by atoms with E-state index in [1.165, 1.54) is 6.42 Å². The molecular weight excluding hydrogens is 176 g/mol. The Labute approximate surface area is 85.6 Å². The molecule has 0 radical (unpaired) electrons. The van der Waals surface area contributed by atoms with Crippen molar-refractivity contribution in [3.05, 3.63) is 23.7 Å². The van der Waals surface area contributed by atoms with Crippen molar-refractivity contribution in [3.63, 3.8) is 0 Å². The minimum Gasteiger partial charge on any atom is -0.464 e. The molecule has 80 valence electrons. The Bertz CT molecular complexity index is 258. The summed E-state index contributed by atoms with van der Waals surface area (Å²) in [5.74, 6) is 7.47. The van der Waals surface area contributed by atoms with E-state index in [-0.39, 0.29) is 6.04 Å². The van der Waals surface area contributed by atoms with E-state index < -0.39 is 0 Å². The number of aryl methyl sites for hydroxylation is 1. The summed E-state index contributed by atoms with van der Waals surface area (Å²) in [6, 6.07) is 4.19. The van der Waals surface area contributed by atoms with E-state index in [9.17, 15) is 0 Å². The van der Waals surface area contributed by atoms with Crippen LogP contribution >= 0.6 is 0 Å². The van der Waals surface area contributed by atoms with Crippen LogP contribution in [0.1, 0.15) is 50.7 Å². The van der Waals surface area contributed by atoms with E-state index in [0.29, 0.717) is 0 Å². The highest BCUT2D eigenvalue weighted by molar-refractivity contribution is 5.10. The molecule has 0 aliphatic carbocycles. The van der Waals surface area contributed by atoms with Crippen molar-refractivity contribution >= 4 is 0 Å². The van der Waals surface area contributed by atoms with Gasteiger partial charge in [-0.1, -0.05) is 26.7 Å². The summed E-state index contributed by atoms with van der Waals surface area (Å²) in [4.78, 5) is 0. The smallest absolute Gasteiger partial charge is 0.122 e. The second-order valence-corrected chi connectivity index (χ2v) is 3.52. The summed E-state index contributed by atoms with van der Waals surface area (Å²) in [6.45, 7) is 4.26. The van der Waals surface area contributed by atoms with Crippen LogP contribution in [0.5, 0.6) is 0 Å². The van der Waals surface area contributed by atoms with Gasteiger partial charge < -0.3 is 4.42 Å². The van der Waals surface area contributed by atoms with Crippen molar-refractivity contribution in [2.24, 2.45) is 5.84 Å². The predicted octanol–water partition coefficient (Wildman–Crippen LogP) is 2.54. The summed E-state index contributed by atoms with van der Waals surface area (Å²) < 4.78 is 5.64. The van der Waals surface area contributed by atoms with Crippen molar-refractivity contribution in [1.82, 2.24) is 5.43 Å². The van der Waals surface area contributed by atoms with E-state index in [1.54, 1.807) is 0 Å². The van der Waals surface area contributed by atoms with E-state index in [2.05, 4.69) is 19.3 Å². The first-order chi connectivity index (χ1) is 6.81. The average molecular weight is 196 g/mol. The minimum atomic E-state index is 0.162. The molecule has 3 N–H and O–H groups in total. The Balaban J connectivity index is 2.58. The monoisotopic (exact) mass is 196 g/mol. The number of hydrogen-bond acceptors (Lipinski definition) is 3. The lowest BCUT2D eigenvalue weighted by Crippen LogP contribution is -2.27. The van der Waals surface area contributed by atoms with Crippen LogP contribution in [-0.2, 0) is 6.42 Å². The van der Waals surface area contributed by atoms with Gasteiger partial charge in [0.25, 0.3) is 0 Å². The molecule has 3 heteroatoms. The SMILES string of the molecule is CCCCC(NN)c1ccc(CC)o1. The fourth-order valence-electron chi connectivity index (χ4n) is 1.49. The number of nitrogens with two attached hydrogens (primary N) is 1. The Hall–Kier alpha value is -0.800. The molecular formula is C11H20N2O. The first kappa shape index (κ1) is 11.3. The van der Waals surface area contributed by atoms with Crippen LogP contribution in [0, 0.1) is 0 Å². The maximum Gasteiger partial charge on any atom is 0.122 e. The zero-order valence-corrected chi connectivity index (χ0v) is 9.05. The fraction of sp³-hybridized carbons (Fsp3) is 0.636. The number of hydrogen-bond donors (Lipinski definition) is 2. The molecule has 0 aliphatic rings. The van der Waals surface area contributed by atoms with Crippen LogP contribution in [0.3, 0.4) is 0 Å². The van der Waals surface area contributed by atoms with E-state index in [4.69, 9.17) is 10.3 Å². The molecule has 0 aliphatic heterocycles. The summed E-state index contributed by atoms with van der Waals surface area (Å²) in [5.41, 5.74) is 2.80. The van der Waals surface area contributed by atoms with Crippen LogP contribution in [0.4, 0.5) is 0 Å².